The highest BCUT2D eigenvalue weighted by Gasteiger charge is 2.22. The van der Waals surface area contributed by atoms with Crippen LogP contribution in [0.5, 0.6) is 0 Å². The molecule has 0 aliphatic rings. The van der Waals surface area contributed by atoms with Crippen molar-refractivity contribution in [3.8, 4) is 0 Å². The zero-order valence-corrected chi connectivity index (χ0v) is 10.7. The van der Waals surface area contributed by atoms with E-state index in [2.05, 4.69) is 5.32 Å². The van der Waals surface area contributed by atoms with Crippen molar-refractivity contribution in [2.75, 3.05) is 13.1 Å². The highest BCUT2D eigenvalue weighted by atomic mass is 16.4. The second kappa shape index (κ2) is 8.32. The number of carbonyl (C=O) groups excluding carboxylic acids is 1. The number of urea groups is 1. The van der Waals surface area contributed by atoms with Gasteiger partial charge in [-0.2, -0.15) is 0 Å². The summed E-state index contributed by atoms with van der Waals surface area (Å²) in [4.78, 5) is 34.5. The second-order valence-corrected chi connectivity index (χ2v) is 3.85. The molecule has 7 heteroatoms. The molecule has 0 rings (SSSR count). The van der Waals surface area contributed by atoms with E-state index in [-0.39, 0.29) is 12.8 Å². The molecule has 18 heavy (non-hydrogen) atoms. The maximum absolute atomic E-state index is 11.7. The van der Waals surface area contributed by atoms with Gasteiger partial charge < -0.3 is 20.4 Å². The predicted octanol–water partition coefficient (Wildman–Crippen LogP) is 0.746. The van der Waals surface area contributed by atoms with Gasteiger partial charge in [0.2, 0.25) is 0 Å². The summed E-state index contributed by atoms with van der Waals surface area (Å²) in [5.74, 6) is -2.31. The SMILES string of the molecule is CCCN(CC)C(=O)NC(CCC(=O)O)C(=O)O. The Kier molecular flexibility index (Phi) is 7.50. The minimum atomic E-state index is -1.22. The van der Waals surface area contributed by atoms with Crippen LogP contribution in [0.25, 0.3) is 0 Å². The fourth-order valence-electron chi connectivity index (χ4n) is 1.44. The first-order valence-corrected chi connectivity index (χ1v) is 5.92. The summed E-state index contributed by atoms with van der Waals surface area (Å²) in [6, 6.07) is -1.64. The highest BCUT2D eigenvalue weighted by Crippen LogP contribution is 2.00. The minimum Gasteiger partial charge on any atom is -0.481 e. The van der Waals surface area contributed by atoms with Gasteiger partial charge in [0.15, 0.2) is 0 Å². The Morgan fingerprint density at radius 2 is 1.83 bits per heavy atom. The largest absolute Gasteiger partial charge is 0.481 e. The number of amides is 2. The topological polar surface area (TPSA) is 107 Å². The van der Waals surface area contributed by atoms with E-state index in [4.69, 9.17) is 10.2 Å². The first-order valence-electron chi connectivity index (χ1n) is 5.92. The Labute approximate surface area is 106 Å². The standard InChI is InChI=1S/C11H20N2O5/c1-3-7-13(4-2)11(18)12-8(10(16)17)5-6-9(14)15/h8H,3-7H2,1-2H3,(H,12,18)(H,14,15)(H,16,17). The number of aliphatic carboxylic acids is 2. The van der Waals surface area contributed by atoms with Crippen LogP contribution in [0.3, 0.4) is 0 Å². The molecule has 0 saturated carbocycles. The fraction of sp³-hybridized carbons (Fsp3) is 0.727. The third-order valence-corrected chi connectivity index (χ3v) is 2.41. The lowest BCUT2D eigenvalue weighted by molar-refractivity contribution is -0.140. The van der Waals surface area contributed by atoms with Crippen molar-refractivity contribution in [3.05, 3.63) is 0 Å². The normalized spacial score (nSPS) is 11.7. The van der Waals surface area contributed by atoms with E-state index >= 15 is 0 Å². The number of carboxylic acids is 2. The molecule has 0 aromatic rings. The van der Waals surface area contributed by atoms with Crippen LogP contribution in [0.4, 0.5) is 4.79 Å². The fourth-order valence-corrected chi connectivity index (χ4v) is 1.44. The number of hydrogen-bond acceptors (Lipinski definition) is 3. The average Bonchev–Trinajstić information content (AvgIpc) is 2.30. The number of hydrogen-bond donors (Lipinski definition) is 3. The molecule has 0 aromatic heterocycles. The van der Waals surface area contributed by atoms with Gasteiger partial charge in [0.1, 0.15) is 6.04 Å². The predicted molar refractivity (Wildman–Crippen MR) is 64.4 cm³/mol. The van der Waals surface area contributed by atoms with Crippen molar-refractivity contribution in [2.24, 2.45) is 0 Å². The monoisotopic (exact) mass is 260 g/mol. The molecule has 2 amide bonds. The van der Waals surface area contributed by atoms with Crippen LogP contribution in [0.15, 0.2) is 0 Å². The summed E-state index contributed by atoms with van der Waals surface area (Å²) >= 11 is 0. The van der Waals surface area contributed by atoms with Crippen LogP contribution < -0.4 is 5.32 Å². The van der Waals surface area contributed by atoms with Crippen molar-refractivity contribution in [3.63, 3.8) is 0 Å². The second-order valence-electron chi connectivity index (χ2n) is 3.85. The van der Waals surface area contributed by atoms with Crippen molar-refractivity contribution < 1.29 is 24.6 Å². The third-order valence-electron chi connectivity index (χ3n) is 2.41. The van der Waals surface area contributed by atoms with Gasteiger partial charge in [0.05, 0.1) is 0 Å². The Bertz CT molecular complexity index is 306. The van der Waals surface area contributed by atoms with Crippen LogP contribution in [0.2, 0.25) is 0 Å². The van der Waals surface area contributed by atoms with Crippen LogP contribution in [0.1, 0.15) is 33.1 Å². The molecule has 0 aromatic carbocycles. The lowest BCUT2D eigenvalue weighted by Gasteiger charge is -2.23. The first kappa shape index (κ1) is 16.2. The van der Waals surface area contributed by atoms with E-state index in [9.17, 15) is 14.4 Å². The summed E-state index contributed by atoms with van der Waals surface area (Å²) < 4.78 is 0. The molecule has 0 aliphatic carbocycles. The number of rotatable bonds is 8. The van der Waals surface area contributed by atoms with Crippen LogP contribution in [-0.2, 0) is 9.59 Å². The average molecular weight is 260 g/mol. The summed E-state index contributed by atoms with van der Waals surface area (Å²) in [7, 11) is 0. The third kappa shape index (κ3) is 6.07. The molecule has 104 valence electrons. The van der Waals surface area contributed by atoms with E-state index in [1.165, 1.54) is 4.90 Å². The molecule has 0 aliphatic heterocycles. The molecule has 1 unspecified atom stereocenters. The summed E-state index contributed by atoms with van der Waals surface area (Å²) in [5.41, 5.74) is 0. The zero-order chi connectivity index (χ0) is 14.1. The molecular weight excluding hydrogens is 240 g/mol. The molecular formula is C11H20N2O5. The smallest absolute Gasteiger partial charge is 0.326 e. The van der Waals surface area contributed by atoms with Crippen LogP contribution in [0, 0.1) is 0 Å². The van der Waals surface area contributed by atoms with Crippen LogP contribution >= 0.6 is 0 Å². The maximum atomic E-state index is 11.7. The summed E-state index contributed by atoms with van der Waals surface area (Å²) in [5, 5.41) is 19.7. The van der Waals surface area contributed by atoms with Crippen molar-refractivity contribution in [1.29, 1.82) is 0 Å². The van der Waals surface area contributed by atoms with E-state index < -0.39 is 24.0 Å². The van der Waals surface area contributed by atoms with Gasteiger partial charge in [-0.05, 0) is 19.8 Å². The van der Waals surface area contributed by atoms with E-state index in [1.807, 2.05) is 6.92 Å². The molecule has 0 radical (unpaired) electrons. The quantitative estimate of drug-likeness (QED) is 0.597. The number of carboxylic acid groups (broad SMARTS) is 2. The first-order chi connectivity index (χ1) is 8.42. The molecule has 0 saturated heterocycles. The molecule has 0 spiro atoms. The molecule has 0 bridgehead atoms. The Morgan fingerprint density at radius 3 is 2.22 bits per heavy atom. The van der Waals surface area contributed by atoms with Gasteiger partial charge in [0.25, 0.3) is 0 Å². The van der Waals surface area contributed by atoms with Crippen molar-refractivity contribution in [1.82, 2.24) is 10.2 Å². The molecule has 7 nitrogen and oxygen atoms in total. The summed E-state index contributed by atoms with van der Waals surface area (Å²) in [6.45, 7) is 4.72. The summed E-state index contributed by atoms with van der Waals surface area (Å²) in [6.07, 6.45) is 0.353. The lowest BCUT2D eigenvalue weighted by Crippen LogP contribution is -2.48. The van der Waals surface area contributed by atoms with E-state index in [0.717, 1.165) is 6.42 Å². The Hall–Kier alpha value is -1.79. The Morgan fingerprint density at radius 1 is 1.22 bits per heavy atom. The van der Waals surface area contributed by atoms with Gasteiger partial charge in [-0.1, -0.05) is 6.92 Å². The molecule has 0 heterocycles. The molecule has 1 atom stereocenters. The van der Waals surface area contributed by atoms with Crippen LogP contribution in [-0.4, -0.2) is 52.2 Å². The maximum Gasteiger partial charge on any atom is 0.326 e. The van der Waals surface area contributed by atoms with Gasteiger partial charge in [-0.25, -0.2) is 9.59 Å². The number of carbonyl (C=O) groups is 3. The Balaban J connectivity index is 4.42. The minimum absolute atomic E-state index is 0.125. The van der Waals surface area contributed by atoms with Gasteiger partial charge in [-0.15, -0.1) is 0 Å². The number of nitrogens with one attached hydrogen (secondary N) is 1. The number of nitrogens with zero attached hydrogens (tertiary/aromatic N) is 1. The lowest BCUT2D eigenvalue weighted by atomic mass is 10.1. The van der Waals surface area contributed by atoms with E-state index in [1.54, 1.807) is 6.92 Å². The van der Waals surface area contributed by atoms with E-state index in [0.29, 0.717) is 13.1 Å². The van der Waals surface area contributed by atoms with Gasteiger partial charge in [-0.3, -0.25) is 4.79 Å². The van der Waals surface area contributed by atoms with Gasteiger partial charge in [0, 0.05) is 19.5 Å². The zero-order valence-electron chi connectivity index (χ0n) is 10.7. The highest BCUT2D eigenvalue weighted by molar-refractivity contribution is 5.83. The molecule has 0 fully saturated rings. The molecule has 3 N–H and O–H groups in total. The van der Waals surface area contributed by atoms with Gasteiger partial charge >= 0.3 is 18.0 Å². The van der Waals surface area contributed by atoms with Crippen molar-refractivity contribution >= 4 is 18.0 Å². The van der Waals surface area contributed by atoms with Crippen molar-refractivity contribution in [2.45, 2.75) is 39.2 Å².